The molecule has 1 heterocycles. The van der Waals surface area contributed by atoms with Crippen molar-refractivity contribution in [2.45, 2.75) is 31.3 Å². The van der Waals surface area contributed by atoms with Crippen molar-refractivity contribution >= 4 is 37.5 Å². The summed E-state index contributed by atoms with van der Waals surface area (Å²) in [5.74, 6) is -0.940. The molecule has 2 aromatic carbocycles. The minimum atomic E-state index is -3.64. The Bertz CT molecular complexity index is 1270. The molecule has 3 rings (SSSR count). The van der Waals surface area contributed by atoms with Gasteiger partial charge in [0.05, 0.1) is 15.1 Å². The number of amides is 1. The summed E-state index contributed by atoms with van der Waals surface area (Å²) in [6.07, 6.45) is 1.60. The first kappa shape index (κ1) is 22.1. The number of para-hydroxylation sites is 1. The number of halogens is 1. The lowest BCUT2D eigenvalue weighted by molar-refractivity contribution is 0.0997. The third-order valence-corrected chi connectivity index (χ3v) is 7.76. The Labute approximate surface area is 178 Å². The van der Waals surface area contributed by atoms with Crippen molar-refractivity contribution in [3.05, 3.63) is 71.3 Å². The minimum Gasteiger partial charge on any atom is -0.310 e. The first-order valence-electron chi connectivity index (χ1n) is 9.22. The summed E-state index contributed by atoms with van der Waals surface area (Å²) >= 11 is 1.20. The molecule has 30 heavy (non-hydrogen) atoms. The molecule has 6 nitrogen and oxygen atoms in total. The van der Waals surface area contributed by atoms with Gasteiger partial charge in [-0.25, -0.2) is 12.8 Å². The number of fused-ring (bicyclic) bond motifs is 1. The fourth-order valence-electron chi connectivity index (χ4n) is 2.84. The molecule has 0 aliphatic heterocycles. The number of nitrogens with zero attached hydrogens (tertiary/aromatic N) is 3. The van der Waals surface area contributed by atoms with Crippen LogP contribution >= 0.6 is 11.3 Å². The highest BCUT2D eigenvalue weighted by atomic mass is 32.2. The molecule has 1 amide bonds. The molecule has 0 saturated carbocycles. The predicted molar refractivity (Wildman–Crippen MR) is 116 cm³/mol. The van der Waals surface area contributed by atoms with Crippen LogP contribution in [-0.4, -0.2) is 36.3 Å². The van der Waals surface area contributed by atoms with E-state index in [-0.39, 0.29) is 16.5 Å². The summed E-state index contributed by atoms with van der Waals surface area (Å²) in [6, 6.07) is 10.2. The monoisotopic (exact) mass is 447 g/mol. The maximum atomic E-state index is 14.3. The van der Waals surface area contributed by atoms with Crippen molar-refractivity contribution in [1.82, 2.24) is 8.87 Å². The van der Waals surface area contributed by atoms with Crippen LogP contribution in [0.1, 0.15) is 24.2 Å². The molecule has 0 aliphatic rings. The molecule has 0 bridgehead atoms. The molecule has 3 aromatic rings. The molecule has 0 aliphatic carbocycles. The second-order valence-electron chi connectivity index (χ2n) is 6.93. The van der Waals surface area contributed by atoms with Crippen LogP contribution in [0.4, 0.5) is 4.39 Å². The van der Waals surface area contributed by atoms with E-state index in [4.69, 9.17) is 0 Å². The standard InChI is InChI=1S/C21H22FN3O3S2/c1-5-13-25-19-17(22)7-6-8-18(19)29-21(25)23-20(26)15-9-11-16(12-10-15)30(27,28)24(4)14(2)3/h5-12,14H,1,13H2,2-4H3. The van der Waals surface area contributed by atoms with Crippen molar-refractivity contribution in [3.63, 3.8) is 0 Å². The van der Waals surface area contributed by atoms with Gasteiger partial charge in [0, 0.05) is 25.2 Å². The second-order valence-corrected chi connectivity index (χ2v) is 9.93. The number of benzene rings is 2. The molecule has 0 unspecified atom stereocenters. The van der Waals surface area contributed by atoms with Gasteiger partial charge in [0.15, 0.2) is 4.80 Å². The van der Waals surface area contributed by atoms with Crippen LogP contribution in [0.2, 0.25) is 0 Å². The maximum absolute atomic E-state index is 14.3. The number of hydrogen-bond donors (Lipinski definition) is 0. The number of allylic oxidation sites excluding steroid dienone is 1. The van der Waals surface area contributed by atoms with E-state index in [2.05, 4.69) is 11.6 Å². The van der Waals surface area contributed by atoms with Crippen LogP contribution in [-0.2, 0) is 16.6 Å². The largest absolute Gasteiger partial charge is 0.310 e. The lowest BCUT2D eigenvalue weighted by Crippen LogP contribution is -2.33. The first-order chi connectivity index (χ1) is 14.2. The van der Waals surface area contributed by atoms with Crippen molar-refractivity contribution in [2.24, 2.45) is 4.99 Å². The normalized spacial score (nSPS) is 12.8. The lowest BCUT2D eigenvalue weighted by Gasteiger charge is -2.20. The topological polar surface area (TPSA) is 71.7 Å². The first-order valence-corrected chi connectivity index (χ1v) is 11.5. The average Bonchev–Trinajstić information content (AvgIpc) is 3.06. The predicted octanol–water partition coefficient (Wildman–Crippen LogP) is 3.80. The van der Waals surface area contributed by atoms with E-state index in [0.29, 0.717) is 21.6 Å². The van der Waals surface area contributed by atoms with Crippen molar-refractivity contribution in [3.8, 4) is 0 Å². The number of hydrogen-bond acceptors (Lipinski definition) is 4. The Morgan fingerprint density at radius 3 is 2.53 bits per heavy atom. The molecule has 0 N–H and O–H groups in total. The Morgan fingerprint density at radius 1 is 1.27 bits per heavy atom. The van der Waals surface area contributed by atoms with Gasteiger partial charge >= 0.3 is 0 Å². The van der Waals surface area contributed by atoms with Crippen molar-refractivity contribution in [2.75, 3.05) is 7.05 Å². The lowest BCUT2D eigenvalue weighted by atomic mass is 10.2. The quantitative estimate of drug-likeness (QED) is 0.540. The van der Waals surface area contributed by atoms with Crippen LogP contribution < -0.4 is 4.80 Å². The van der Waals surface area contributed by atoms with Gasteiger partial charge in [-0.1, -0.05) is 23.5 Å². The second kappa shape index (κ2) is 8.63. The number of thiazole rings is 1. The SMILES string of the molecule is C=CCn1c(=NC(=O)c2ccc(S(=O)(=O)N(C)C(C)C)cc2)sc2cccc(F)c21. The minimum absolute atomic E-state index is 0.0981. The van der Waals surface area contributed by atoms with Crippen LogP contribution in [0.3, 0.4) is 0 Å². The van der Waals surface area contributed by atoms with Gasteiger partial charge in [0.25, 0.3) is 5.91 Å². The van der Waals surface area contributed by atoms with Gasteiger partial charge in [-0.15, -0.1) is 6.58 Å². The van der Waals surface area contributed by atoms with Gasteiger partial charge in [0.1, 0.15) is 5.82 Å². The summed E-state index contributed by atoms with van der Waals surface area (Å²) in [7, 11) is -2.13. The van der Waals surface area contributed by atoms with Gasteiger partial charge < -0.3 is 4.57 Å². The van der Waals surface area contributed by atoms with E-state index in [1.54, 1.807) is 36.6 Å². The highest BCUT2D eigenvalue weighted by molar-refractivity contribution is 7.89. The summed E-state index contributed by atoms with van der Waals surface area (Å²) in [5.41, 5.74) is 0.608. The van der Waals surface area contributed by atoms with Gasteiger partial charge in [-0.3, -0.25) is 4.79 Å². The smallest absolute Gasteiger partial charge is 0.279 e. The van der Waals surface area contributed by atoms with E-state index >= 15 is 0 Å². The fraction of sp³-hybridized carbons (Fsp3) is 0.238. The molecular formula is C21H22FN3O3S2. The third kappa shape index (κ3) is 4.14. The Morgan fingerprint density at radius 2 is 1.93 bits per heavy atom. The Hall–Kier alpha value is -2.62. The molecule has 0 saturated heterocycles. The molecule has 158 valence electrons. The van der Waals surface area contributed by atoms with Gasteiger partial charge in [-0.2, -0.15) is 9.30 Å². The zero-order valence-corrected chi connectivity index (χ0v) is 18.5. The molecule has 0 radical (unpaired) electrons. The molecule has 0 spiro atoms. The van der Waals surface area contributed by atoms with Crippen molar-refractivity contribution in [1.29, 1.82) is 0 Å². The summed E-state index contributed by atoms with van der Waals surface area (Å²) in [4.78, 5) is 17.3. The van der Waals surface area contributed by atoms with Crippen LogP contribution in [0, 0.1) is 5.82 Å². The molecule has 9 heteroatoms. The fourth-order valence-corrected chi connectivity index (χ4v) is 5.26. The Kier molecular flexibility index (Phi) is 6.35. The summed E-state index contributed by atoms with van der Waals surface area (Å²) < 4.78 is 42.9. The number of carbonyl (C=O) groups excluding carboxylic acids is 1. The van der Waals surface area contributed by atoms with Crippen LogP contribution in [0.15, 0.2) is 65.0 Å². The highest BCUT2D eigenvalue weighted by Gasteiger charge is 2.23. The zero-order chi connectivity index (χ0) is 22.1. The van der Waals surface area contributed by atoms with E-state index in [1.165, 1.54) is 53.0 Å². The van der Waals surface area contributed by atoms with Gasteiger partial charge in [-0.05, 0) is 50.2 Å². The zero-order valence-electron chi connectivity index (χ0n) is 16.9. The number of rotatable bonds is 6. The van der Waals surface area contributed by atoms with Crippen molar-refractivity contribution < 1.29 is 17.6 Å². The molecule has 0 atom stereocenters. The summed E-state index contributed by atoms with van der Waals surface area (Å²) in [6.45, 7) is 7.54. The van der Waals surface area contributed by atoms with Gasteiger partial charge in [0.2, 0.25) is 10.0 Å². The molecular weight excluding hydrogens is 425 g/mol. The maximum Gasteiger partial charge on any atom is 0.279 e. The highest BCUT2D eigenvalue weighted by Crippen LogP contribution is 2.21. The van der Waals surface area contributed by atoms with E-state index in [0.717, 1.165) is 0 Å². The van der Waals surface area contributed by atoms with E-state index < -0.39 is 21.7 Å². The number of sulfonamides is 1. The molecule has 1 aromatic heterocycles. The van der Waals surface area contributed by atoms with E-state index in [9.17, 15) is 17.6 Å². The average molecular weight is 448 g/mol. The Balaban J connectivity index is 2.01. The van der Waals surface area contributed by atoms with Crippen LogP contribution in [0.25, 0.3) is 10.2 Å². The van der Waals surface area contributed by atoms with E-state index in [1.807, 2.05) is 0 Å². The number of carbonyl (C=O) groups is 1. The summed E-state index contributed by atoms with van der Waals surface area (Å²) in [5, 5.41) is 0. The number of aromatic nitrogens is 1. The van der Waals surface area contributed by atoms with Crippen LogP contribution in [0.5, 0.6) is 0 Å². The third-order valence-electron chi connectivity index (χ3n) is 4.67. The molecule has 0 fully saturated rings.